The van der Waals surface area contributed by atoms with E-state index in [4.69, 9.17) is 16.7 Å². The fraction of sp³-hybridized carbons (Fsp3) is 0.286. The van der Waals surface area contributed by atoms with E-state index in [1.165, 1.54) is 12.1 Å². The van der Waals surface area contributed by atoms with Crippen LogP contribution in [-0.4, -0.2) is 21.9 Å². The number of benzene rings is 1. The second kappa shape index (κ2) is 6.57. The second-order valence-electron chi connectivity index (χ2n) is 4.90. The molecule has 0 fully saturated rings. The molecule has 1 aliphatic rings. The van der Waals surface area contributed by atoms with Crippen LogP contribution in [0.4, 0.5) is 11.4 Å². The number of halogens is 1. The molecule has 0 aliphatic heterocycles. The number of nitro benzene ring substituents is 1. The lowest BCUT2D eigenvalue weighted by Gasteiger charge is -2.24. The van der Waals surface area contributed by atoms with Crippen molar-refractivity contribution >= 4 is 34.9 Å². The molecule has 1 aliphatic carbocycles. The van der Waals surface area contributed by atoms with Crippen LogP contribution in [0.25, 0.3) is 0 Å². The molecule has 1 amide bonds. The van der Waals surface area contributed by atoms with E-state index in [0.717, 1.165) is 6.07 Å². The van der Waals surface area contributed by atoms with Gasteiger partial charge in [0.2, 0.25) is 5.91 Å². The van der Waals surface area contributed by atoms with Gasteiger partial charge in [-0.15, -0.1) is 0 Å². The van der Waals surface area contributed by atoms with Gasteiger partial charge in [0.25, 0.3) is 5.69 Å². The fourth-order valence-electron chi connectivity index (χ4n) is 2.32. The van der Waals surface area contributed by atoms with E-state index in [1.54, 1.807) is 12.2 Å². The minimum atomic E-state index is -1.03. The quantitative estimate of drug-likeness (QED) is 0.502. The topological polar surface area (TPSA) is 110 Å². The van der Waals surface area contributed by atoms with Crippen LogP contribution in [0.1, 0.15) is 12.8 Å². The summed E-state index contributed by atoms with van der Waals surface area (Å²) < 4.78 is 0. The third kappa shape index (κ3) is 3.43. The summed E-state index contributed by atoms with van der Waals surface area (Å²) in [5, 5.41) is 22.4. The Bertz CT molecular complexity index is 659. The van der Waals surface area contributed by atoms with Gasteiger partial charge < -0.3 is 10.4 Å². The molecular formula is C14H13ClN2O5. The number of non-ortho nitro benzene ring substituents is 1. The van der Waals surface area contributed by atoms with Gasteiger partial charge in [-0.2, -0.15) is 0 Å². The van der Waals surface area contributed by atoms with E-state index in [0.29, 0.717) is 12.8 Å². The molecule has 0 saturated heterocycles. The molecule has 0 heterocycles. The number of carboxylic acids is 1. The highest BCUT2D eigenvalue weighted by Gasteiger charge is 2.34. The van der Waals surface area contributed by atoms with E-state index in [9.17, 15) is 19.7 Å². The lowest BCUT2D eigenvalue weighted by Crippen LogP contribution is -2.34. The summed E-state index contributed by atoms with van der Waals surface area (Å²) in [6, 6.07) is 3.68. The Hall–Kier alpha value is -2.41. The molecule has 22 heavy (non-hydrogen) atoms. The molecule has 116 valence electrons. The first-order valence-corrected chi connectivity index (χ1v) is 6.90. The fourth-order valence-corrected chi connectivity index (χ4v) is 2.54. The van der Waals surface area contributed by atoms with Gasteiger partial charge in [0.1, 0.15) is 0 Å². The molecule has 1 aromatic carbocycles. The van der Waals surface area contributed by atoms with Crippen LogP contribution in [0, 0.1) is 22.0 Å². The third-order valence-corrected chi connectivity index (χ3v) is 3.82. The number of hydrogen-bond acceptors (Lipinski definition) is 4. The Kier molecular flexibility index (Phi) is 4.77. The number of carboxylic acid groups (broad SMARTS) is 1. The number of aliphatic carboxylic acids is 1. The minimum absolute atomic E-state index is 0.0285. The number of allylic oxidation sites excluding steroid dienone is 2. The number of nitrogens with zero attached hydrogens (tertiary/aromatic N) is 1. The summed E-state index contributed by atoms with van der Waals surface area (Å²) in [6.45, 7) is 0. The Morgan fingerprint density at radius 2 is 1.91 bits per heavy atom. The molecule has 1 aromatic rings. The van der Waals surface area contributed by atoms with Crippen LogP contribution >= 0.6 is 11.6 Å². The summed E-state index contributed by atoms with van der Waals surface area (Å²) >= 11 is 5.91. The smallest absolute Gasteiger partial charge is 0.307 e. The summed E-state index contributed by atoms with van der Waals surface area (Å²) in [5.41, 5.74) is 0.0305. The average Bonchev–Trinajstić information content (AvgIpc) is 2.48. The lowest BCUT2D eigenvalue weighted by atomic mass is 9.82. The minimum Gasteiger partial charge on any atom is -0.481 e. The molecule has 0 saturated carbocycles. The van der Waals surface area contributed by atoms with Crippen LogP contribution in [0.15, 0.2) is 30.4 Å². The predicted octanol–water partition coefficient (Wildman–Crippen LogP) is 2.85. The molecule has 7 nitrogen and oxygen atoms in total. The molecule has 2 rings (SSSR count). The first-order chi connectivity index (χ1) is 10.4. The maximum Gasteiger partial charge on any atom is 0.307 e. The zero-order valence-electron chi connectivity index (χ0n) is 11.4. The predicted molar refractivity (Wildman–Crippen MR) is 79.7 cm³/mol. The molecule has 0 spiro atoms. The van der Waals surface area contributed by atoms with Crippen LogP contribution < -0.4 is 5.32 Å². The largest absolute Gasteiger partial charge is 0.481 e. The van der Waals surface area contributed by atoms with Gasteiger partial charge in [-0.25, -0.2) is 0 Å². The van der Waals surface area contributed by atoms with E-state index in [2.05, 4.69) is 5.32 Å². The summed E-state index contributed by atoms with van der Waals surface area (Å²) in [6.07, 6.45) is 4.12. The normalized spacial score (nSPS) is 20.4. The highest BCUT2D eigenvalue weighted by atomic mass is 35.5. The van der Waals surface area contributed by atoms with Gasteiger partial charge in [-0.1, -0.05) is 23.8 Å². The maximum absolute atomic E-state index is 12.3. The van der Waals surface area contributed by atoms with E-state index in [1.807, 2.05) is 0 Å². The lowest BCUT2D eigenvalue weighted by molar-refractivity contribution is -0.384. The molecule has 0 aromatic heterocycles. The Morgan fingerprint density at radius 1 is 1.27 bits per heavy atom. The van der Waals surface area contributed by atoms with Gasteiger partial charge in [-0.3, -0.25) is 19.7 Å². The third-order valence-electron chi connectivity index (χ3n) is 3.51. The number of rotatable bonds is 4. The summed E-state index contributed by atoms with van der Waals surface area (Å²) in [4.78, 5) is 33.5. The van der Waals surface area contributed by atoms with Crippen LogP contribution in [-0.2, 0) is 9.59 Å². The molecule has 0 radical (unpaired) electrons. The van der Waals surface area contributed by atoms with E-state index < -0.39 is 28.6 Å². The van der Waals surface area contributed by atoms with Crippen molar-refractivity contribution in [2.75, 3.05) is 5.32 Å². The standard InChI is InChI=1S/C14H13ClN2O5/c15-11-7-8(17(21)22)5-6-12(11)16-13(18)9-3-1-2-4-10(9)14(19)20/h1-2,5-7,9-10H,3-4H2,(H,16,18)(H,19,20)/t9-,10-/m0/s1. The zero-order chi connectivity index (χ0) is 16.3. The number of amides is 1. The average molecular weight is 325 g/mol. The van der Waals surface area contributed by atoms with Gasteiger partial charge in [0.05, 0.1) is 27.5 Å². The highest BCUT2D eigenvalue weighted by Crippen LogP contribution is 2.30. The van der Waals surface area contributed by atoms with Crippen LogP contribution in [0.5, 0.6) is 0 Å². The summed E-state index contributed by atoms with van der Waals surface area (Å²) in [7, 11) is 0. The number of nitro groups is 1. The SMILES string of the molecule is O=C(O)[C@H]1CC=CC[C@@H]1C(=O)Nc1ccc([N+](=O)[O-])cc1Cl. The van der Waals surface area contributed by atoms with Crippen molar-refractivity contribution in [2.45, 2.75) is 12.8 Å². The number of carbonyl (C=O) groups excluding carboxylic acids is 1. The first kappa shape index (κ1) is 16.0. The van der Waals surface area contributed by atoms with E-state index >= 15 is 0 Å². The Labute approximate surface area is 130 Å². The molecular weight excluding hydrogens is 312 g/mol. The monoisotopic (exact) mass is 324 g/mol. The van der Waals surface area contributed by atoms with Gasteiger partial charge in [-0.05, 0) is 18.9 Å². The first-order valence-electron chi connectivity index (χ1n) is 6.52. The molecule has 0 unspecified atom stereocenters. The zero-order valence-corrected chi connectivity index (χ0v) is 12.1. The Balaban J connectivity index is 2.16. The van der Waals surface area contributed by atoms with Gasteiger partial charge >= 0.3 is 5.97 Å². The number of carbonyl (C=O) groups is 2. The van der Waals surface area contributed by atoms with Crippen LogP contribution in [0.3, 0.4) is 0 Å². The highest BCUT2D eigenvalue weighted by molar-refractivity contribution is 6.34. The van der Waals surface area contributed by atoms with Crippen molar-refractivity contribution < 1.29 is 19.6 Å². The van der Waals surface area contributed by atoms with Crippen molar-refractivity contribution in [3.05, 3.63) is 45.5 Å². The maximum atomic E-state index is 12.3. The number of nitrogens with one attached hydrogen (secondary N) is 1. The number of hydrogen-bond donors (Lipinski definition) is 2. The number of anilines is 1. The van der Waals surface area contributed by atoms with Gasteiger partial charge in [0, 0.05) is 12.1 Å². The molecule has 2 N–H and O–H groups in total. The van der Waals surface area contributed by atoms with Crippen molar-refractivity contribution in [2.24, 2.45) is 11.8 Å². The van der Waals surface area contributed by atoms with Crippen molar-refractivity contribution in [1.82, 2.24) is 0 Å². The summed E-state index contributed by atoms with van der Waals surface area (Å²) in [5.74, 6) is -2.98. The second-order valence-corrected chi connectivity index (χ2v) is 5.31. The van der Waals surface area contributed by atoms with Gasteiger partial charge in [0.15, 0.2) is 0 Å². The van der Waals surface area contributed by atoms with Crippen LogP contribution in [0.2, 0.25) is 5.02 Å². The van der Waals surface area contributed by atoms with Crippen molar-refractivity contribution in [1.29, 1.82) is 0 Å². The van der Waals surface area contributed by atoms with Crippen molar-refractivity contribution in [3.8, 4) is 0 Å². The molecule has 0 bridgehead atoms. The molecule has 2 atom stereocenters. The van der Waals surface area contributed by atoms with E-state index in [-0.39, 0.29) is 16.4 Å². The Morgan fingerprint density at radius 3 is 2.45 bits per heavy atom. The van der Waals surface area contributed by atoms with Crippen molar-refractivity contribution in [3.63, 3.8) is 0 Å². The molecule has 8 heteroatoms.